The molecule has 24 heavy (non-hydrogen) atoms. The molecule has 0 aromatic heterocycles. The third-order valence-electron chi connectivity index (χ3n) is 7.38. The van der Waals surface area contributed by atoms with Crippen LogP contribution in [0.4, 0.5) is 0 Å². The molecule has 1 aromatic rings. The average molecular weight is 329 g/mol. The first kappa shape index (κ1) is 16.3. The van der Waals surface area contributed by atoms with E-state index in [9.17, 15) is 5.11 Å². The Morgan fingerprint density at radius 2 is 1.71 bits per heavy atom. The average Bonchev–Trinajstić information content (AvgIpc) is 2.52. The zero-order valence-corrected chi connectivity index (χ0v) is 15.3. The lowest BCUT2D eigenvalue weighted by molar-refractivity contribution is -0.0988. The Bertz CT molecular complexity index is 587. The molecule has 0 unspecified atom stereocenters. The monoisotopic (exact) mass is 329 g/mol. The summed E-state index contributed by atoms with van der Waals surface area (Å²) in [6, 6.07) is 5.60. The van der Waals surface area contributed by atoms with Crippen molar-refractivity contribution in [2.75, 3.05) is 7.11 Å². The highest BCUT2D eigenvalue weighted by molar-refractivity contribution is 5.39. The summed E-state index contributed by atoms with van der Waals surface area (Å²) in [6.07, 6.45) is 8.63. The van der Waals surface area contributed by atoms with E-state index in [0.717, 1.165) is 23.3 Å². The van der Waals surface area contributed by atoms with Crippen LogP contribution in [0, 0.1) is 23.2 Å². The Labute approximate surface area is 145 Å². The number of aromatic hydroxyl groups is 1. The van der Waals surface area contributed by atoms with Crippen molar-refractivity contribution in [2.24, 2.45) is 23.2 Å². The van der Waals surface area contributed by atoms with Crippen molar-refractivity contribution in [1.29, 1.82) is 0 Å². The molecule has 0 atom stereocenters. The molecule has 3 nitrogen and oxygen atoms in total. The van der Waals surface area contributed by atoms with Gasteiger partial charge >= 0.3 is 0 Å². The topological polar surface area (TPSA) is 41.5 Å². The Morgan fingerprint density at radius 1 is 1.12 bits per heavy atom. The number of hydrogen-bond donors (Lipinski definition) is 2. The molecule has 0 aliphatic heterocycles. The lowest BCUT2D eigenvalue weighted by Crippen LogP contribution is -2.61. The van der Waals surface area contributed by atoms with Crippen molar-refractivity contribution in [3.05, 3.63) is 23.8 Å². The minimum absolute atomic E-state index is 0.107. The summed E-state index contributed by atoms with van der Waals surface area (Å²) in [4.78, 5) is 0. The van der Waals surface area contributed by atoms with E-state index in [-0.39, 0.29) is 5.54 Å². The van der Waals surface area contributed by atoms with Gasteiger partial charge in [0, 0.05) is 23.7 Å². The molecular weight excluding hydrogens is 298 g/mol. The summed E-state index contributed by atoms with van der Waals surface area (Å²) in [5, 5.41) is 14.0. The van der Waals surface area contributed by atoms with Gasteiger partial charge in [0.1, 0.15) is 11.5 Å². The largest absolute Gasteiger partial charge is 0.507 e. The van der Waals surface area contributed by atoms with E-state index < -0.39 is 0 Å². The fourth-order valence-electron chi connectivity index (χ4n) is 6.20. The third kappa shape index (κ3) is 2.61. The predicted octanol–water partition coefficient (Wildman–Crippen LogP) is 4.49. The number of phenols is 1. The second-order valence-corrected chi connectivity index (χ2v) is 9.17. The smallest absolute Gasteiger partial charge is 0.123 e. The molecule has 5 rings (SSSR count). The van der Waals surface area contributed by atoms with Crippen LogP contribution in [-0.2, 0) is 6.54 Å². The molecule has 4 saturated carbocycles. The maximum Gasteiger partial charge on any atom is 0.123 e. The molecule has 0 spiro atoms. The van der Waals surface area contributed by atoms with Crippen LogP contribution in [0.5, 0.6) is 11.5 Å². The molecule has 0 amide bonds. The fraction of sp³-hybridized carbons (Fsp3) is 0.714. The van der Waals surface area contributed by atoms with Crippen molar-refractivity contribution >= 4 is 0 Å². The Balaban J connectivity index is 1.49. The van der Waals surface area contributed by atoms with Crippen LogP contribution in [0.3, 0.4) is 0 Å². The molecular formula is C21H31NO2. The highest BCUT2D eigenvalue weighted by atomic mass is 16.5. The van der Waals surface area contributed by atoms with E-state index in [0.29, 0.717) is 23.5 Å². The third-order valence-corrected chi connectivity index (χ3v) is 7.38. The van der Waals surface area contributed by atoms with Crippen LogP contribution < -0.4 is 10.1 Å². The SMILES string of the molecule is COc1ccc(CNC(C)(C)C23CC4CC(CC(C4)C2)C3)c(O)c1. The maximum absolute atomic E-state index is 10.2. The van der Waals surface area contributed by atoms with Gasteiger partial charge in [0.05, 0.1) is 7.11 Å². The number of rotatable bonds is 5. The van der Waals surface area contributed by atoms with Crippen LogP contribution in [0.1, 0.15) is 57.9 Å². The van der Waals surface area contributed by atoms with E-state index >= 15 is 0 Å². The quantitative estimate of drug-likeness (QED) is 0.836. The van der Waals surface area contributed by atoms with E-state index in [1.807, 2.05) is 12.1 Å². The molecule has 132 valence electrons. The molecule has 3 heteroatoms. The molecule has 4 bridgehead atoms. The number of hydrogen-bond acceptors (Lipinski definition) is 3. The number of methoxy groups -OCH3 is 1. The van der Waals surface area contributed by atoms with E-state index in [4.69, 9.17) is 4.74 Å². The standard InChI is InChI=1S/C21H31NO2/c1-20(2,22-13-17-4-5-18(24-3)9-19(17)23)21-10-14-6-15(11-21)8-16(7-14)12-21/h4-5,9,14-16,22-23H,6-8,10-13H2,1-3H3. The van der Waals surface area contributed by atoms with Crippen molar-refractivity contribution in [1.82, 2.24) is 5.32 Å². The van der Waals surface area contributed by atoms with Crippen LogP contribution in [0.15, 0.2) is 18.2 Å². The van der Waals surface area contributed by atoms with Crippen molar-refractivity contribution in [3.63, 3.8) is 0 Å². The van der Waals surface area contributed by atoms with Gasteiger partial charge in [-0.15, -0.1) is 0 Å². The normalized spacial score (nSPS) is 34.5. The van der Waals surface area contributed by atoms with Crippen molar-refractivity contribution in [2.45, 2.75) is 64.5 Å². The molecule has 4 aliphatic rings. The lowest BCUT2D eigenvalue weighted by atomic mass is 9.45. The van der Waals surface area contributed by atoms with Gasteiger partial charge in [0.25, 0.3) is 0 Å². The molecule has 4 fully saturated rings. The number of ether oxygens (including phenoxy) is 1. The fourth-order valence-corrected chi connectivity index (χ4v) is 6.20. The first-order valence-electron chi connectivity index (χ1n) is 9.52. The van der Waals surface area contributed by atoms with E-state index in [1.165, 1.54) is 38.5 Å². The molecule has 1 aromatic carbocycles. The maximum atomic E-state index is 10.2. The minimum Gasteiger partial charge on any atom is -0.507 e. The Morgan fingerprint density at radius 3 is 2.21 bits per heavy atom. The van der Waals surface area contributed by atoms with Crippen LogP contribution in [-0.4, -0.2) is 17.8 Å². The summed E-state index contributed by atoms with van der Waals surface area (Å²) in [7, 11) is 1.63. The number of benzene rings is 1. The zero-order chi connectivity index (χ0) is 16.9. The summed E-state index contributed by atoms with van der Waals surface area (Å²) in [6.45, 7) is 5.49. The summed E-state index contributed by atoms with van der Waals surface area (Å²) < 4.78 is 5.18. The van der Waals surface area contributed by atoms with Gasteiger partial charge < -0.3 is 15.2 Å². The molecule has 4 aliphatic carbocycles. The van der Waals surface area contributed by atoms with Crippen LogP contribution in [0.25, 0.3) is 0 Å². The Hall–Kier alpha value is -1.22. The molecule has 0 radical (unpaired) electrons. The highest BCUT2D eigenvalue weighted by Gasteiger charge is 2.56. The number of nitrogens with one attached hydrogen (secondary N) is 1. The minimum atomic E-state index is 0.107. The Kier molecular flexibility index (Phi) is 3.83. The van der Waals surface area contributed by atoms with Crippen LogP contribution in [0.2, 0.25) is 0 Å². The van der Waals surface area contributed by atoms with Gasteiger partial charge in [0.15, 0.2) is 0 Å². The van der Waals surface area contributed by atoms with Gasteiger partial charge in [-0.1, -0.05) is 6.07 Å². The van der Waals surface area contributed by atoms with Crippen molar-refractivity contribution in [3.8, 4) is 11.5 Å². The molecule has 0 saturated heterocycles. The summed E-state index contributed by atoms with van der Waals surface area (Å²) >= 11 is 0. The molecule has 2 N–H and O–H groups in total. The summed E-state index contributed by atoms with van der Waals surface area (Å²) in [5.41, 5.74) is 1.51. The predicted molar refractivity (Wildman–Crippen MR) is 96.2 cm³/mol. The van der Waals surface area contributed by atoms with E-state index in [1.54, 1.807) is 13.2 Å². The van der Waals surface area contributed by atoms with Gasteiger partial charge in [-0.3, -0.25) is 0 Å². The van der Waals surface area contributed by atoms with Gasteiger partial charge in [-0.25, -0.2) is 0 Å². The first-order valence-corrected chi connectivity index (χ1v) is 9.52. The number of phenolic OH excluding ortho intramolecular Hbond substituents is 1. The van der Waals surface area contributed by atoms with Gasteiger partial charge in [-0.2, -0.15) is 0 Å². The first-order chi connectivity index (χ1) is 11.4. The second kappa shape index (κ2) is 5.66. The van der Waals surface area contributed by atoms with Gasteiger partial charge in [0.2, 0.25) is 0 Å². The van der Waals surface area contributed by atoms with Crippen molar-refractivity contribution < 1.29 is 9.84 Å². The van der Waals surface area contributed by atoms with Gasteiger partial charge in [-0.05, 0) is 81.6 Å². The highest BCUT2D eigenvalue weighted by Crippen LogP contribution is 2.63. The lowest BCUT2D eigenvalue weighted by Gasteiger charge is -2.62. The van der Waals surface area contributed by atoms with Crippen LogP contribution >= 0.6 is 0 Å². The van der Waals surface area contributed by atoms with E-state index in [2.05, 4.69) is 19.2 Å². The second-order valence-electron chi connectivity index (χ2n) is 9.17. The zero-order valence-electron chi connectivity index (χ0n) is 15.3. The molecule has 0 heterocycles. The summed E-state index contributed by atoms with van der Waals surface area (Å²) in [5.74, 6) is 3.92.